The number of benzene rings is 2. The third-order valence-electron chi connectivity index (χ3n) is 2.83. The Bertz CT molecular complexity index is 671. The second-order valence-electron chi connectivity index (χ2n) is 4.27. The van der Waals surface area contributed by atoms with Gasteiger partial charge in [0.25, 0.3) is 0 Å². The summed E-state index contributed by atoms with van der Waals surface area (Å²) in [7, 11) is 0. The van der Waals surface area contributed by atoms with Crippen LogP contribution in [0.5, 0.6) is 0 Å². The van der Waals surface area contributed by atoms with Crippen molar-refractivity contribution in [1.29, 1.82) is 0 Å². The van der Waals surface area contributed by atoms with Gasteiger partial charge in [-0.3, -0.25) is 0 Å². The molecule has 0 saturated carbocycles. The highest BCUT2D eigenvalue weighted by Crippen LogP contribution is 2.39. The molecule has 0 bridgehead atoms. The van der Waals surface area contributed by atoms with E-state index in [1.54, 1.807) is 12.1 Å². The average molecular weight is 418 g/mol. The fraction of sp³-hybridized carbons (Fsp3) is 0.143. The number of hydrogen-bond acceptors (Lipinski definition) is 0. The molecule has 0 amide bonds. The Labute approximate surface area is 142 Å². The minimum absolute atomic E-state index is 0.294. The van der Waals surface area contributed by atoms with E-state index in [1.807, 2.05) is 0 Å². The fourth-order valence-electron chi connectivity index (χ4n) is 1.76. The summed E-state index contributed by atoms with van der Waals surface area (Å²) < 4.78 is 38.8. The van der Waals surface area contributed by atoms with Crippen LogP contribution >= 0.6 is 50.7 Å². The van der Waals surface area contributed by atoms with Crippen molar-refractivity contribution < 1.29 is 13.2 Å². The molecule has 1 atom stereocenters. The van der Waals surface area contributed by atoms with Crippen molar-refractivity contribution in [1.82, 2.24) is 0 Å². The maximum Gasteiger partial charge on any atom is 0.416 e. The SMILES string of the molecule is FC(F)(F)c1ccc(Br)c(C(Cl)c2ccc(Cl)c(Cl)c2)c1. The van der Waals surface area contributed by atoms with E-state index in [1.165, 1.54) is 12.1 Å². The van der Waals surface area contributed by atoms with Gasteiger partial charge in [-0.1, -0.05) is 45.2 Å². The second-order valence-corrected chi connectivity index (χ2v) is 6.38. The summed E-state index contributed by atoms with van der Waals surface area (Å²) in [5.74, 6) is 0. The lowest BCUT2D eigenvalue weighted by atomic mass is 10.0. The molecule has 21 heavy (non-hydrogen) atoms. The Hall–Kier alpha value is -0.420. The average Bonchev–Trinajstić information content (AvgIpc) is 2.40. The van der Waals surface area contributed by atoms with E-state index in [0.29, 0.717) is 25.6 Å². The maximum atomic E-state index is 12.8. The van der Waals surface area contributed by atoms with Crippen LogP contribution in [-0.4, -0.2) is 0 Å². The highest BCUT2D eigenvalue weighted by Gasteiger charge is 2.31. The highest BCUT2D eigenvalue weighted by atomic mass is 79.9. The minimum Gasteiger partial charge on any atom is -0.166 e. The van der Waals surface area contributed by atoms with Crippen molar-refractivity contribution in [3.05, 3.63) is 67.6 Å². The quantitative estimate of drug-likeness (QED) is 0.456. The Morgan fingerprint density at radius 2 is 1.62 bits per heavy atom. The molecule has 0 saturated heterocycles. The minimum atomic E-state index is -4.43. The molecule has 2 aromatic carbocycles. The Balaban J connectivity index is 2.47. The van der Waals surface area contributed by atoms with E-state index < -0.39 is 17.1 Å². The second kappa shape index (κ2) is 6.37. The molecule has 2 rings (SSSR count). The van der Waals surface area contributed by atoms with Gasteiger partial charge in [0.05, 0.1) is 21.0 Å². The molecule has 0 nitrogen and oxygen atoms in total. The molecule has 0 aliphatic rings. The zero-order valence-corrected chi connectivity index (χ0v) is 14.0. The van der Waals surface area contributed by atoms with Crippen LogP contribution in [0.3, 0.4) is 0 Å². The van der Waals surface area contributed by atoms with Crippen LogP contribution in [0, 0.1) is 0 Å². The number of alkyl halides is 4. The van der Waals surface area contributed by atoms with E-state index in [2.05, 4.69) is 15.9 Å². The van der Waals surface area contributed by atoms with Crippen molar-refractivity contribution in [3.63, 3.8) is 0 Å². The summed E-state index contributed by atoms with van der Waals surface area (Å²) in [6.45, 7) is 0. The summed E-state index contributed by atoms with van der Waals surface area (Å²) >= 11 is 21.2. The summed E-state index contributed by atoms with van der Waals surface area (Å²) in [6.07, 6.45) is -4.43. The molecule has 0 spiro atoms. The van der Waals surface area contributed by atoms with Gasteiger partial charge >= 0.3 is 6.18 Å². The Morgan fingerprint density at radius 1 is 0.952 bits per heavy atom. The summed E-state index contributed by atoms with van der Waals surface area (Å²) in [4.78, 5) is 0. The molecule has 112 valence electrons. The van der Waals surface area contributed by atoms with Gasteiger partial charge in [0.1, 0.15) is 0 Å². The van der Waals surface area contributed by atoms with E-state index in [0.717, 1.165) is 12.1 Å². The van der Waals surface area contributed by atoms with Crippen LogP contribution in [0.4, 0.5) is 13.2 Å². The van der Waals surface area contributed by atoms with Gasteiger partial charge in [-0.05, 0) is 41.5 Å². The number of halogens is 7. The van der Waals surface area contributed by atoms with Crippen molar-refractivity contribution in [3.8, 4) is 0 Å². The zero-order chi connectivity index (χ0) is 15.8. The molecule has 2 aromatic rings. The van der Waals surface area contributed by atoms with Crippen LogP contribution < -0.4 is 0 Å². The lowest BCUT2D eigenvalue weighted by Gasteiger charge is -2.16. The monoisotopic (exact) mass is 416 g/mol. The topological polar surface area (TPSA) is 0 Å². The van der Waals surface area contributed by atoms with Crippen molar-refractivity contribution in [2.24, 2.45) is 0 Å². The first-order valence-corrected chi connectivity index (χ1v) is 7.64. The van der Waals surface area contributed by atoms with E-state index >= 15 is 0 Å². The molecule has 0 aliphatic heterocycles. The van der Waals surface area contributed by atoms with Gasteiger partial charge in [0.2, 0.25) is 0 Å². The fourth-order valence-corrected chi connectivity index (χ4v) is 2.99. The van der Waals surface area contributed by atoms with Gasteiger partial charge in [-0.25, -0.2) is 0 Å². The lowest BCUT2D eigenvalue weighted by Crippen LogP contribution is -2.06. The summed E-state index contributed by atoms with van der Waals surface area (Å²) in [5, 5.41) is -0.133. The molecule has 1 unspecified atom stereocenters. The zero-order valence-electron chi connectivity index (χ0n) is 10.2. The van der Waals surface area contributed by atoms with Crippen LogP contribution in [0.25, 0.3) is 0 Å². The largest absolute Gasteiger partial charge is 0.416 e. The van der Waals surface area contributed by atoms with Crippen LogP contribution in [-0.2, 0) is 6.18 Å². The molecule has 0 aliphatic carbocycles. The predicted molar refractivity (Wildman–Crippen MR) is 83.3 cm³/mol. The maximum absolute atomic E-state index is 12.8. The molecule has 0 aromatic heterocycles. The first-order chi connectivity index (χ1) is 9.70. The van der Waals surface area contributed by atoms with Gasteiger partial charge < -0.3 is 0 Å². The third kappa shape index (κ3) is 3.86. The Kier molecular flexibility index (Phi) is 5.14. The van der Waals surface area contributed by atoms with Gasteiger partial charge in [0, 0.05) is 4.47 Å². The first kappa shape index (κ1) is 16.9. The molecular weight excluding hydrogens is 411 g/mol. The molecule has 0 heterocycles. The van der Waals surface area contributed by atoms with Crippen molar-refractivity contribution in [2.45, 2.75) is 11.6 Å². The summed E-state index contributed by atoms with van der Waals surface area (Å²) in [5.41, 5.74) is 0.113. The first-order valence-electron chi connectivity index (χ1n) is 5.66. The third-order valence-corrected chi connectivity index (χ3v) is 4.78. The Morgan fingerprint density at radius 3 is 2.19 bits per heavy atom. The van der Waals surface area contributed by atoms with E-state index in [9.17, 15) is 13.2 Å². The van der Waals surface area contributed by atoms with Crippen LogP contribution in [0.15, 0.2) is 40.9 Å². The molecule has 0 radical (unpaired) electrons. The normalized spacial score (nSPS) is 13.3. The van der Waals surface area contributed by atoms with Gasteiger partial charge in [-0.15, -0.1) is 11.6 Å². The predicted octanol–water partition coefficient (Wildman–Crippen LogP) is 7.10. The van der Waals surface area contributed by atoms with Crippen LogP contribution in [0.1, 0.15) is 22.1 Å². The van der Waals surface area contributed by atoms with Crippen molar-refractivity contribution in [2.75, 3.05) is 0 Å². The van der Waals surface area contributed by atoms with E-state index in [4.69, 9.17) is 34.8 Å². The van der Waals surface area contributed by atoms with Crippen molar-refractivity contribution >= 4 is 50.7 Å². The van der Waals surface area contributed by atoms with Gasteiger partial charge in [-0.2, -0.15) is 13.2 Å². The van der Waals surface area contributed by atoms with Gasteiger partial charge in [0.15, 0.2) is 0 Å². The smallest absolute Gasteiger partial charge is 0.166 e. The lowest BCUT2D eigenvalue weighted by molar-refractivity contribution is -0.137. The molecule has 7 heteroatoms. The van der Waals surface area contributed by atoms with Crippen LogP contribution in [0.2, 0.25) is 10.0 Å². The summed E-state index contributed by atoms with van der Waals surface area (Å²) in [6, 6.07) is 8.05. The molecular formula is C14H7BrCl3F3. The standard InChI is InChI=1S/C14H7BrCl3F3/c15-10-3-2-8(14(19,20)21)6-9(10)13(18)7-1-4-11(16)12(17)5-7/h1-6,13H. The number of hydrogen-bond donors (Lipinski definition) is 0. The number of rotatable bonds is 2. The highest BCUT2D eigenvalue weighted by molar-refractivity contribution is 9.10. The van der Waals surface area contributed by atoms with E-state index in [-0.39, 0.29) is 0 Å². The molecule has 0 N–H and O–H groups in total. The molecule has 0 fully saturated rings.